The van der Waals surface area contributed by atoms with Gasteiger partial charge in [0, 0.05) is 20.0 Å². The number of fused-ring (bicyclic) bond motifs is 1. The molecule has 4 rings (SSSR count). The molecule has 2 aliphatic rings. The highest BCUT2D eigenvalue weighted by atomic mass is 32.2. The number of hydrogen-bond donors (Lipinski definition) is 1. The zero-order valence-corrected chi connectivity index (χ0v) is 16.3. The first-order valence-electron chi connectivity index (χ1n) is 9.20. The molecule has 2 amide bonds. The lowest BCUT2D eigenvalue weighted by Gasteiger charge is -2.41. The van der Waals surface area contributed by atoms with E-state index in [0.29, 0.717) is 13.1 Å². The van der Waals surface area contributed by atoms with Gasteiger partial charge in [-0.1, -0.05) is 42.5 Å². The highest BCUT2D eigenvalue weighted by molar-refractivity contribution is 8.01. The van der Waals surface area contributed by atoms with Gasteiger partial charge >= 0.3 is 0 Å². The maximum atomic E-state index is 13.3. The van der Waals surface area contributed by atoms with E-state index in [1.807, 2.05) is 54.3 Å². The van der Waals surface area contributed by atoms with Crippen LogP contribution in [0.1, 0.15) is 24.8 Å². The van der Waals surface area contributed by atoms with Gasteiger partial charge in [-0.25, -0.2) is 0 Å². The molecule has 2 aliphatic heterocycles. The van der Waals surface area contributed by atoms with E-state index in [1.54, 1.807) is 23.6 Å². The van der Waals surface area contributed by atoms with Crippen molar-refractivity contribution in [3.63, 3.8) is 0 Å². The lowest BCUT2D eigenvalue weighted by molar-refractivity contribution is -0.119. The average Bonchev–Trinajstić information content (AvgIpc) is 3.17. The van der Waals surface area contributed by atoms with Crippen molar-refractivity contribution < 1.29 is 9.59 Å². The number of nitrogens with zero attached hydrogens (tertiary/aromatic N) is 2. The average molecular weight is 382 g/mol. The molecule has 1 fully saturated rings. The van der Waals surface area contributed by atoms with Crippen molar-refractivity contribution in [3.05, 3.63) is 60.2 Å². The highest BCUT2D eigenvalue weighted by Gasteiger charge is 2.39. The Kier molecular flexibility index (Phi) is 4.93. The van der Waals surface area contributed by atoms with E-state index in [1.165, 1.54) is 5.56 Å². The summed E-state index contributed by atoms with van der Waals surface area (Å²) in [5.41, 5.74) is 2.82. The Morgan fingerprint density at radius 1 is 1.04 bits per heavy atom. The number of para-hydroxylation sites is 2. The molecule has 2 unspecified atom stereocenters. The summed E-state index contributed by atoms with van der Waals surface area (Å²) in [5.74, 6) is 0.108. The molecule has 2 heterocycles. The monoisotopic (exact) mass is 381 g/mol. The number of anilines is 2. The highest BCUT2D eigenvalue weighted by Crippen LogP contribution is 2.40. The lowest BCUT2D eigenvalue weighted by atomic mass is 10.1. The summed E-state index contributed by atoms with van der Waals surface area (Å²) in [5, 5.41) is 3.45. The molecule has 0 bridgehead atoms. The summed E-state index contributed by atoms with van der Waals surface area (Å²) in [6.07, 6.45) is 0. The predicted octanol–water partition coefficient (Wildman–Crippen LogP) is 3.18. The fourth-order valence-electron chi connectivity index (χ4n) is 3.88. The third-order valence-electron chi connectivity index (χ3n) is 5.09. The van der Waals surface area contributed by atoms with E-state index in [9.17, 15) is 9.59 Å². The Morgan fingerprint density at radius 2 is 1.70 bits per heavy atom. The van der Waals surface area contributed by atoms with Crippen molar-refractivity contribution in [2.75, 3.05) is 22.9 Å². The molecule has 2 aromatic carbocycles. The van der Waals surface area contributed by atoms with Crippen LogP contribution in [0.25, 0.3) is 0 Å². The second-order valence-electron chi connectivity index (χ2n) is 7.00. The van der Waals surface area contributed by atoms with Crippen LogP contribution in [0.15, 0.2) is 54.6 Å². The summed E-state index contributed by atoms with van der Waals surface area (Å²) in [7, 11) is 0. The van der Waals surface area contributed by atoms with Gasteiger partial charge in [-0.15, -0.1) is 11.8 Å². The van der Waals surface area contributed by atoms with E-state index in [2.05, 4.69) is 17.4 Å². The van der Waals surface area contributed by atoms with Gasteiger partial charge in [0.05, 0.1) is 28.0 Å². The van der Waals surface area contributed by atoms with Crippen LogP contribution >= 0.6 is 11.8 Å². The zero-order valence-electron chi connectivity index (χ0n) is 15.5. The molecule has 140 valence electrons. The minimum Gasteiger partial charge on any atom is -0.307 e. The number of thioether (sulfide) groups is 1. The molecular weight excluding hydrogens is 358 g/mol. The standard InChI is InChI=1S/C21H23N3O2S/c1-14-13-23(17-10-6-7-11-18(17)24(14)15(2)25)21(26)19-12-22-20(27-19)16-8-4-3-5-9-16/h3-11,14,19-20,22H,12-13H2,1-2H3/t14-,19?,20?/m0/s1. The van der Waals surface area contributed by atoms with Gasteiger partial charge in [0.15, 0.2) is 0 Å². The molecule has 27 heavy (non-hydrogen) atoms. The number of carbonyl (C=O) groups is 2. The molecule has 0 spiro atoms. The molecule has 1 saturated heterocycles. The molecule has 6 heteroatoms. The Hall–Kier alpha value is -2.31. The van der Waals surface area contributed by atoms with Gasteiger partial charge in [0.25, 0.3) is 0 Å². The van der Waals surface area contributed by atoms with Crippen molar-refractivity contribution >= 4 is 35.0 Å². The van der Waals surface area contributed by atoms with E-state index in [0.717, 1.165) is 11.4 Å². The second-order valence-corrected chi connectivity index (χ2v) is 8.31. The SMILES string of the molecule is CC(=O)N1c2ccccc2N(C(=O)C2CNC(c3ccccc3)S2)C[C@@H]1C. The fraction of sp³-hybridized carbons (Fsp3) is 0.333. The van der Waals surface area contributed by atoms with E-state index < -0.39 is 0 Å². The topological polar surface area (TPSA) is 52.7 Å². The molecule has 2 aromatic rings. The first-order chi connectivity index (χ1) is 13.1. The largest absolute Gasteiger partial charge is 0.307 e. The summed E-state index contributed by atoms with van der Waals surface area (Å²) in [4.78, 5) is 29.1. The quantitative estimate of drug-likeness (QED) is 0.868. The summed E-state index contributed by atoms with van der Waals surface area (Å²) in [6.45, 7) is 4.73. The number of nitrogens with one attached hydrogen (secondary N) is 1. The Bertz CT molecular complexity index is 858. The minimum absolute atomic E-state index is 0.00287. The molecule has 0 aliphatic carbocycles. The second kappa shape index (κ2) is 7.37. The smallest absolute Gasteiger partial charge is 0.241 e. The lowest BCUT2D eigenvalue weighted by Crippen LogP contribution is -2.53. The van der Waals surface area contributed by atoms with Gasteiger partial charge in [0.2, 0.25) is 11.8 Å². The maximum absolute atomic E-state index is 13.3. The number of carbonyl (C=O) groups excluding carboxylic acids is 2. The number of amides is 2. The molecule has 0 radical (unpaired) electrons. The van der Waals surface area contributed by atoms with Crippen molar-refractivity contribution in [1.29, 1.82) is 0 Å². The number of benzene rings is 2. The summed E-state index contributed by atoms with van der Waals surface area (Å²) < 4.78 is 0. The number of hydrogen-bond acceptors (Lipinski definition) is 4. The van der Waals surface area contributed by atoms with Crippen LogP contribution in [0, 0.1) is 0 Å². The van der Waals surface area contributed by atoms with Crippen molar-refractivity contribution in [3.8, 4) is 0 Å². The first kappa shape index (κ1) is 18.1. The minimum atomic E-state index is -0.139. The van der Waals surface area contributed by atoms with Gasteiger partial charge < -0.3 is 9.80 Å². The Balaban J connectivity index is 1.57. The summed E-state index contributed by atoms with van der Waals surface area (Å²) >= 11 is 1.67. The zero-order chi connectivity index (χ0) is 19.0. The number of rotatable bonds is 2. The van der Waals surface area contributed by atoms with E-state index in [4.69, 9.17) is 0 Å². The molecule has 1 N–H and O–H groups in total. The molecule has 0 saturated carbocycles. The fourth-order valence-corrected chi connectivity index (χ4v) is 5.16. The van der Waals surface area contributed by atoms with E-state index in [-0.39, 0.29) is 28.5 Å². The maximum Gasteiger partial charge on any atom is 0.241 e. The van der Waals surface area contributed by atoms with Crippen LogP contribution in [-0.2, 0) is 9.59 Å². The predicted molar refractivity (Wildman–Crippen MR) is 110 cm³/mol. The van der Waals surface area contributed by atoms with Crippen LogP contribution in [-0.4, -0.2) is 36.2 Å². The third-order valence-corrected chi connectivity index (χ3v) is 6.50. The van der Waals surface area contributed by atoms with Gasteiger partial charge in [0.1, 0.15) is 0 Å². The van der Waals surface area contributed by atoms with E-state index >= 15 is 0 Å². The normalized spacial score (nSPS) is 24.6. The van der Waals surface area contributed by atoms with Crippen LogP contribution in [0.2, 0.25) is 0 Å². The molecule has 3 atom stereocenters. The molecular formula is C21H23N3O2S. The van der Waals surface area contributed by atoms with Crippen LogP contribution < -0.4 is 15.1 Å². The van der Waals surface area contributed by atoms with Gasteiger partial charge in [-0.2, -0.15) is 0 Å². The van der Waals surface area contributed by atoms with Crippen LogP contribution in [0.5, 0.6) is 0 Å². The Morgan fingerprint density at radius 3 is 2.41 bits per heavy atom. The molecule has 5 nitrogen and oxygen atoms in total. The Labute approximate surface area is 163 Å². The van der Waals surface area contributed by atoms with Crippen LogP contribution in [0.4, 0.5) is 11.4 Å². The third kappa shape index (κ3) is 3.35. The van der Waals surface area contributed by atoms with Crippen molar-refractivity contribution in [2.45, 2.75) is 30.5 Å². The van der Waals surface area contributed by atoms with Crippen molar-refractivity contribution in [2.24, 2.45) is 0 Å². The van der Waals surface area contributed by atoms with Crippen LogP contribution in [0.3, 0.4) is 0 Å². The van der Waals surface area contributed by atoms with Gasteiger partial charge in [-0.05, 0) is 24.6 Å². The summed E-state index contributed by atoms with van der Waals surface area (Å²) in [6, 6.07) is 17.8. The van der Waals surface area contributed by atoms with Gasteiger partial charge in [-0.3, -0.25) is 14.9 Å². The van der Waals surface area contributed by atoms with Crippen molar-refractivity contribution in [1.82, 2.24) is 5.32 Å². The molecule has 0 aromatic heterocycles. The first-order valence-corrected chi connectivity index (χ1v) is 10.1.